The average molecular weight is 479 g/mol. The van der Waals surface area contributed by atoms with E-state index in [1.807, 2.05) is 18.2 Å². The zero-order valence-electron chi connectivity index (χ0n) is 21.0. The van der Waals surface area contributed by atoms with Crippen LogP contribution in [0.1, 0.15) is 43.2 Å². The summed E-state index contributed by atoms with van der Waals surface area (Å²) in [5, 5.41) is 3.00. The summed E-state index contributed by atoms with van der Waals surface area (Å²) in [6.45, 7) is 3.90. The molecule has 2 aromatic rings. The lowest BCUT2D eigenvalue weighted by atomic mass is 9.88. The number of nitrogens with one attached hydrogen (secondary N) is 1. The van der Waals surface area contributed by atoms with Crippen LogP contribution in [0.5, 0.6) is 11.5 Å². The number of hydrogen-bond donors (Lipinski definition) is 1. The van der Waals surface area contributed by atoms with Gasteiger partial charge < -0.3 is 24.4 Å². The van der Waals surface area contributed by atoms with E-state index in [1.165, 1.54) is 12.0 Å². The lowest BCUT2D eigenvalue weighted by molar-refractivity contribution is -0.118. The number of benzene rings is 2. The number of amides is 1. The Labute approximate surface area is 209 Å². The van der Waals surface area contributed by atoms with Gasteiger partial charge >= 0.3 is 0 Å². The summed E-state index contributed by atoms with van der Waals surface area (Å²) in [5.41, 5.74) is 2.30. The SMILES string of the molecule is COc1ccc(/C=C/C(=O)NC[C@H]2CCC3(CCN(CCCc4ccccc4)CC3)O2)cc1OC. The zero-order valence-corrected chi connectivity index (χ0v) is 21.0. The molecule has 188 valence electrons. The topological polar surface area (TPSA) is 60.0 Å². The van der Waals surface area contributed by atoms with Crippen LogP contribution >= 0.6 is 0 Å². The predicted octanol–water partition coefficient (Wildman–Crippen LogP) is 4.48. The first kappa shape index (κ1) is 25.3. The molecule has 2 aromatic carbocycles. The second-order valence-electron chi connectivity index (χ2n) is 9.59. The van der Waals surface area contributed by atoms with Crippen molar-refractivity contribution in [1.82, 2.24) is 10.2 Å². The molecule has 2 saturated heterocycles. The minimum Gasteiger partial charge on any atom is -0.493 e. The third kappa shape index (κ3) is 7.09. The quantitative estimate of drug-likeness (QED) is 0.510. The van der Waals surface area contributed by atoms with E-state index in [1.54, 1.807) is 26.4 Å². The van der Waals surface area contributed by atoms with Gasteiger partial charge in [0, 0.05) is 25.7 Å². The molecular formula is C29H38N2O4. The highest BCUT2D eigenvalue weighted by Gasteiger charge is 2.42. The summed E-state index contributed by atoms with van der Waals surface area (Å²) < 4.78 is 17.1. The van der Waals surface area contributed by atoms with Crippen LogP contribution in [0, 0.1) is 0 Å². The maximum Gasteiger partial charge on any atom is 0.244 e. The highest BCUT2D eigenvalue weighted by molar-refractivity contribution is 5.91. The van der Waals surface area contributed by atoms with Gasteiger partial charge in [-0.2, -0.15) is 0 Å². The van der Waals surface area contributed by atoms with E-state index in [-0.39, 0.29) is 17.6 Å². The second-order valence-corrected chi connectivity index (χ2v) is 9.59. The number of aryl methyl sites for hydroxylation is 1. The second kappa shape index (κ2) is 12.2. The monoisotopic (exact) mass is 478 g/mol. The summed E-state index contributed by atoms with van der Waals surface area (Å²) in [5.74, 6) is 1.19. The first-order chi connectivity index (χ1) is 17.1. The van der Waals surface area contributed by atoms with Gasteiger partial charge in [0.1, 0.15) is 0 Å². The molecule has 1 atom stereocenters. The van der Waals surface area contributed by atoms with Crippen LogP contribution in [0.4, 0.5) is 0 Å². The molecule has 1 N–H and O–H groups in total. The van der Waals surface area contributed by atoms with Gasteiger partial charge in [-0.15, -0.1) is 0 Å². The van der Waals surface area contributed by atoms with E-state index in [0.717, 1.165) is 57.3 Å². The van der Waals surface area contributed by atoms with Gasteiger partial charge in [-0.05, 0) is 74.4 Å². The molecule has 6 nitrogen and oxygen atoms in total. The molecule has 4 rings (SSSR count). The van der Waals surface area contributed by atoms with Gasteiger partial charge in [0.05, 0.1) is 25.9 Å². The van der Waals surface area contributed by atoms with Crippen LogP contribution < -0.4 is 14.8 Å². The normalized spacial score (nSPS) is 19.8. The zero-order chi connectivity index (χ0) is 24.5. The van der Waals surface area contributed by atoms with Gasteiger partial charge in [-0.3, -0.25) is 4.79 Å². The molecule has 2 aliphatic heterocycles. The Morgan fingerprint density at radius 3 is 2.60 bits per heavy atom. The van der Waals surface area contributed by atoms with Crippen LogP contribution in [0.3, 0.4) is 0 Å². The fraction of sp³-hybridized carbons (Fsp3) is 0.483. The minimum atomic E-state index is -0.113. The number of nitrogens with zero attached hydrogens (tertiary/aromatic N) is 1. The van der Waals surface area contributed by atoms with Crippen molar-refractivity contribution in [1.29, 1.82) is 0 Å². The van der Waals surface area contributed by atoms with Crippen LogP contribution in [0.25, 0.3) is 6.08 Å². The van der Waals surface area contributed by atoms with E-state index >= 15 is 0 Å². The number of hydrogen-bond acceptors (Lipinski definition) is 5. The Morgan fingerprint density at radius 2 is 1.86 bits per heavy atom. The molecule has 0 saturated carbocycles. The number of carbonyl (C=O) groups is 1. The third-order valence-corrected chi connectivity index (χ3v) is 7.23. The minimum absolute atomic E-state index is 0.000805. The van der Waals surface area contributed by atoms with Crippen molar-refractivity contribution in [2.45, 2.75) is 50.2 Å². The van der Waals surface area contributed by atoms with Crippen molar-refractivity contribution in [3.63, 3.8) is 0 Å². The number of methoxy groups -OCH3 is 2. The smallest absolute Gasteiger partial charge is 0.244 e. The van der Waals surface area contributed by atoms with Gasteiger partial charge in [-0.1, -0.05) is 36.4 Å². The molecule has 0 radical (unpaired) electrons. The molecule has 0 bridgehead atoms. The standard InChI is InChI=1S/C29H38N2O4/c1-33-26-12-10-24(21-27(26)34-2)11-13-28(32)30-22-25-14-15-29(35-25)16-19-31(20-17-29)18-6-9-23-7-4-3-5-8-23/h3-5,7-8,10-13,21,25H,6,9,14-20,22H2,1-2H3,(H,30,32)/b13-11+/t25-/m1/s1. The Kier molecular flexibility index (Phi) is 8.83. The Hall–Kier alpha value is -2.83. The van der Waals surface area contributed by atoms with E-state index < -0.39 is 0 Å². The molecular weight excluding hydrogens is 440 g/mol. The first-order valence-corrected chi connectivity index (χ1v) is 12.7. The fourth-order valence-electron chi connectivity index (χ4n) is 5.14. The molecule has 0 unspecified atom stereocenters. The number of rotatable bonds is 10. The van der Waals surface area contributed by atoms with E-state index in [9.17, 15) is 4.79 Å². The van der Waals surface area contributed by atoms with E-state index in [0.29, 0.717) is 18.0 Å². The van der Waals surface area contributed by atoms with Gasteiger partial charge in [-0.25, -0.2) is 0 Å². The van der Waals surface area contributed by atoms with Crippen LogP contribution in [0.15, 0.2) is 54.6 Å². The van der Waals surface area contributed by atoms with Gasteiger partial charge in [0.15, 0.2) is 11.5 Å². The van der Waals surface area contributed by atoms with Crippen molar-refractivity contribution in [3.8, 4) is 11.5 Å². The summed E-state index contributed by atoms with van der Waals surface area (Å²) in [7, 11) is 3.20. The summed E-state index contributed by atoms with van der Waals surface area (Å²) in [4.78, 5) is 14.9. The molecule has 1 amide bonds. The molecule has 0 aromatic heterocycles. The van der Waals surface area contributed by atoms with E-state index in [4.69, 9.17) is 14.2 Å². The lowest BCUT2D eigenvalue weighted by Crippen LogP contribution is -2.45. The Bertz CT molecular complexity index is 983. The maximum absolute atomic E-state index is 12.3. The van der Waals surface area contributed by atoms with E-state index in [2.05, 4.69) is 40.5 Å². The number of piperidine rings is 1. The Morgan fingerprint density at radius 1 is 1.09 bits per heavy atom. The Balaban J connectivity index is 1.16. The maximum atomic E-state index is 12.3. The molecule has 1 spiro atoms. The van der Waals surface area contributed by atoms with Crippen molar-refractivity contribution < 1.29 is 19.0 Å². The summed E-state index contributed by atoms with van der Waals surface area (Å²) in [6, 6.07) is 16.3. The lowest BCUT2D eigenvalue weighted by Gasteiger charge is -2.39. The molecule has 6 heteroatoms. The molecule has 2 aliphatic rings. The number of likely N-dealkylation sites (tertiary alicyclic amines) is 1. The van der Waals surface area contributed by atoms with Gasteiger partial charge in [0.2, 0.25) is 5.91 Å². The average Bonchev–Trinajstić information content (AvgIpc) is 3.30. The number of carbonyl (C=O) groups excluding carboxylic acids is 1. The predicted molar refractivity (Wildman–Crippen MR) is 139 cm³/mol. The van der Waals surface area contributed by atoms with Crippen molar-refractivity contribution in [3.05, 3.63) is 65.7 Å². The third-order valence-electron chi connectivity index (χ3n) is 7.23. The molecule has 0 aliphatic carbocycles. The highest BCUT2D eigenvalue weighted by atomic mass is 16.5. The van der Waals surface area contributed by atoms with Gasteiger partial charge in [0.25, 0.3) is 0 Å². The van der Waals surface area contributed by atoms with Crippen LogP contribution in [-0.4, -0.2) is 62.9 Å². The van der Waals surface area contributed by atoms with Crippen molar-refractivity contribution in [2.24, 2.45) is 0 Å². The van der Waals surface area contributed by atoms with Crippen molar-refractivity contribution >= 4 is 12.0 Å². The number of ether oxygens (including phenoxy) is 3. The van der Waals surface area contributed by atoms with Crippen LogP contribution in [0.2, 0.25) is 0 Å². The van der Waals surface area contributed by atoms with Crippen LogP contribution in [-0.2, 0) is 16.0 Å². The highest BCUT2D eigenvalue weighted by Crippen LogP contribution is 2.38. The first-order valence-electron chi connectivity index (χ1n) is 12.7. The summed E-state index contributed by atoms with van der Waals surface area (Å²) in [6.07, 6.45) is 10.0. The van der Waals surface area contributed by atoms with Crippen molar-refractivity contribution in [2.75, 3.05) is 40.4 Å². The molecule has 2 fully saturated rings. The fourth-order valence-corrected chi connectivity index (χ4v) is 5.14. The molecule has 35 heavy (non-hydrogen) atoms. The molecule has 2 heterocycles. The summed E-state index contributed by atoms with van der Waals surface area (Å²) >= 11 is 0. The largest absolute Gasteiger partial charge is 0.493 e.